The summed E-state index contributed by atoms with van der Waals surface area (Å²) in [5.74, 6) is 0.676. The van der Waals surface area contributed by atoms with Crippen molar-refractivity contribution in [3.63, 3.8) is 0 Å². The molecule has 0 amide bonds. The van der Waals surface area contributed by atoms with E-state index in [1.807, 2.05) is 13.8 Å². The first-order valence-corrected chi connectivity index (χ1v) is 6.66. The predicted molar refractivity (Wildman–Crippen MR) is 71.7 cm³/mol. The number of benzene rings is 1. The summed E-state index contributed by atoms with van der Waals surface area (Å²) in [4.78, 5) is 0. The molecule has 0 aromatic heterocycles. The van der Waals surface area contributed by atoms with E-state index in [2.05, 4.69) is 0 Å². The predicted octanol–water partition coefficient (Wildman–Crippen LogP) is 4.41. The molecule has 0 heterocycles. The number of hydrogen-bond donors (Lipinski definition) is 1. The Balaban J connectivity index is 2.62. The minimum absolute atomic E-state index is 0.0492. The summed E-state index contributed by atoms with van der Waals surface area (Å²) in [5.41, 5.74) is -0.669. The van der Waals surface area contributed by atoms with Gasteiger partial charge in [0.1, 0.15) is 5.75 Å². The quantitative estimate of drug-likeness (QED) is 0.840. The summed E-state index contributed by atoms with van der Waals surface area (Å²) >= 11 is 0. The van der Waals surface area contributed by atoms with E-state index in [0.717, 1.165) is 0 Å². The van der Waals surface area contributed by atoms with Gasteiger partial charge in [0.15, 0.2) is 0 Å². The summed E-state index contributed by atoms with van der Waals surface area (Å²) in [5, 5.41) is 10.2. The van der Waals surface area contributed by atoms with Gasteiger partial charge >= 0.3 is 6.18 Å². The number of alkyl halides is 3. The van der Waals surface area contributed by atoms with Crippen molar-refractivity contribution in [2.24, 2.45) is 0 Å². The highest BCUT2D eigenvalue weighted by Crippen LogP contribution is 2.31. The van der Waals surface area contributed by atoms with Crippen molar-refractivity contribution in [1.29, 1.82) is 0 Å². The van der Waals surface area contributed by atoms with Crippen molar-refractivity contribution in [2.75, 3.05) is 0 Å². The molecule has 114 valence electrons. The molecule has 1 aromatic rings. The molecular weight excluding hydrogens is 269 g/mol. The number of halogens is 3. The van der Waals surface area contributed by atoms with Crippen LogP contribution >= 0.6 is 0 Å². The lowest BCUT2D eigenvalue weighted by molar-refractivity contribution is -0.137. The Bertz CT molecular complexity index is 408. The van der Waals surface area contributed by atoms with Crippen molar-refractivity contribution in [2.45, 2.75) is 57.9 Å². The molecule has 0 fully saturated rings. The van der Waals surface area contributed by atoms with Gasteiger partial charge in [-0.25, -0.2) is 0 Å². The number of ether oxygens (including phenoxy) is 1. The Morgan fingerprint density at radius 1 is 1.10 bits per heavy atom. The molecule has 1 unspecified atom stereocenters. The van der Waals surface area contributed by atoms with Crippen molar-refractivity contribution in [1.82, 2.24) is 0 Å². The minimum Gasteiger partial charge on any atom is -0.491 e. The third-order valence-corrected chi connectivity index (χ3v) is 2.97. The van der Waals surface area contributed by atoms with Crippen molar-refractivity contribution < 1.29 is 23.0 Å². The van der Waals surface area contributed by atoms with Crippen molar-refractivity contribution in [3.05, 3.63) is 29.8 Å². The lowest BCUT2D eigenvalue weighted by atomic mass is 9.90. The molecule has 0 saturated heterocycles. The van der Waals surface area contributed by atoms with Crippen molar-refractivity contribution >= 4 is 0 Å². The van der Waals surface area contributed by atoms with E-state index in [1.54, 1.807) is 24.3 Å². The maximum atomic E-state index is 12.1. The van der Waals surface area contributed by atoms with Gasteiger partial charge in [-0.3, -0.25) is 0 Å². The summed E-state index contributed by atoms with van der Waals surface area (Å²) in [7, 11) is 0. The van der Waals surface area contributed by atoms with Gasteiger partial charge in [-0.2, -0.15) is 13.2 Å². The summed E-state index contributed by atoms with van der Waals surface area (Å²) < 4.78 is 41.8. The van der Waals surface area contributed by atoms with Gasteiger partial charge in [0.25, 0.3) is 0 Å². The topological polar surface area (TPSA) is 29.5 Å². The van der Waals surface area contributed by atoms with Crippen LogP contribution in [0.3, 0.4) is 0 Å². The third-order valence-electron chi connectivity index (χ3n) is 2.97. The van der Waals surface area contributed by atoms with E-state index in [0.29, 0.717) is 11.3 Å². The van der Waals surface area contributed by atoms with Crippen LogP contribution in [-0.2, 0) is 5.60 Å². The van der Waals surface area contributed by atoms with Crippen LogP contribution < -0.4 is 4.74 Å². The lowest BCUT2D eigenvalue weighted by Gasteiger charge is -2.24. The zero-order valence-corrected chi connectivity index (χ0v) is 12.0. The van der Waals surface area contributed by atoms with Gasteiger partial charge < -0.3 is 9.84 Å². The first-order valence-electron chi connectivity index (χ1n) is 6.66. The smallest absolute Gasteiger partial charge is 0.389 e. The highest BCUT2D eigenvalue weighted by Gasteiger charge is 2.29. The van der Waals surface area contributed by atoms with Gasteiger partial charge in [-0.05, 0) is 51.3 Å². The Kier molecular flexibility index (Phi) is 5.45. The average molecular weight is 290 g/mol. The largest absolute Gasteiger partial charge is 0.491 e. The van der Waals surface area contributed by atoms with Crippen molar-refractivity contribution in [3.8, 4) is 5.75 Å². The summed E-state index contributed by atoms with van der Waals surface area (Å²) in [6, 6.07) is 6.80. The Hall–Kier alpha value is -1.23. The van der Waals surface area contributed by atoms with Gasteiger partial charge in [0, 0.05) is 6.42 Å². The first-order chi connectivity index (χ1) is 9.10. The zero-order valence-electron chi connectivity index (χ0n) is 12.0. The number of hydrogen-bond acceptors (Lipinski definition) is 2. The van der Waals surface area contributed by atoms with E-state index in [1.165, 1.54) is 6.92 Å². The van der Waals surface area contributed by atoms with Crippen LogP contribution in [-0.4, -0.2) is 17.4 Å². The normalized spacial score (nSPS) is 15.2. The molecule has 0 radical (unpaired) electrons. The lowest BCUT2D eigenvalue weighted by Crippen LogP contribution is -2.22. The minimum atomic E-state index is -4.18. The van der Waals surface area contributed by atoms with Gasteiger partial charge in [0.2, 0.25) is 0 Å². The molecule has 0 saturated carbocycles. The monoisotopic (exact) mass is 290 g/mol. The van der Waals surface area contributed by atoms with Crippen LogP contribution in [0.25, 0.3) is 0 Å². The molecule has 0 aliphatic rings. The Labute approximate surface area is 117 Å². The van der Waals surface area contributed by atoms with Crippen LogP contribution in [0.5, 0.6) is 5.75 Å². The molecule has 2 nitrogen and oxygen atoms in total. The molecule has 0 aliphatic carbocycles. The molecule has 0 bridgehead atoms. The summed E-state index contributed by atoms with van der Waals surface area (Å²) in [6.45, 7) is 5.34. The van der Waals surface area contributed by atoms with Crippen LogP contribution in [0.2, 0.25) is 0 Å². The molecule has 1 aromatic carbocycles. The van der Waals surface area contributed by atoms with E-state index < -0.39 is 18.2 Å². The zero-order chi connectivity index (χ0) is 15.4. The maximum absolute atomic E-state index is 12.1. The molecule has 1 atom stereocenters. The highest BCUT2D eigenvalue weighted by atomic mass is 19.4. The molecule has 5 heteroatoms. The molecule has 1 N–H and O–H groups in total. The SMILES string of the molecule is CC(C)Oc1ccc(C(C)(O)CCCC(F)(F)F)cc1. The molecular formula is C15H21F3O2. The van der Waals surface area contributed by atoms with Crippen LogP contribution in [0.1, 0.15) is 45.6 Å². The molecule has 1 rings (SSSR count). The second-order valence-electron chi connectivity index (χ2n) is 5.43. The second kappa shape index (κ2) is 6.48. The van der Waals surface area contributed by atoms with Gasteiger partial charge in [0.05, 0.1) is 11.7 Å². The molecule has 0 aliphatic heterocycles. The Morgan fingerprint density at radius 3 is 2.10 bits per heavy atom. The maximum Gasteiger partial charge on any atom is 0.389 e. The fourth-order valence-electron chi connectivity index (χ4n) is 1.94. The molecule has 20 heavy (non-hydrogen) atoms. The number of aliphatic hydroxyl groups is 1. The van der Waals surface area contributed by atoms with E-state index in [-0.39, 0.29) is 18.9 Å². The van der Waals surface area contributed by atoms with E-state index in [4.69, 9.17) is 4.74 Å². The number of rotatable bonds is 6. The summed E-state index contributed by atoms with van der Waals surface area (Å²) in [6.07, 6.45) is -5.03. The molecule has 0 spiro atoms. The van der Waals surface area contributed by atoms with E-state index in [9.17, 15) is 18.3 Å². The van der Waals surface area contributed by atoms with Gasteiger partial charge in [-0.15, -0.1) is 0 Å². The fourth-order valence-corrected chi connectivity index (χ4v) is 1.94. The second-order valence-corrected chi connectivity index (χ2v) is 5.43. The van der Waals surface area contributed by atoms with Gasteiger partial charge in [-0.1, -0.05) is 12.1 Å². The van der Waals surface area contributed by atoms with E-state index >= 15 is 0 Å². The standard InChI is InChI=1S/C15H21F3O2/c1-11(2)20-13-7-5-12(6-8-13)14(3,19)9-4-10-15(16,17)18/h5-8,11,19H,4,9-10H2,1-3H3. The van der Waals surface area contributed by atoms with Crippen LogP contribution in [0.15, 0.2) is 24.3 Å². The third kappa shape index (κ3) is 5.82. The average Bonchev–Trinajstić information content (AvgIpc) is 2.26. The fraction of sp³-hybridized carbons (Fsp3) is 0.600. The van der Waals surface area contributed by atoms with Crippen LogP contribution in [0, 0.1) is 0 Å². The highest BCUT2D eigenvalue weighted by molar-refractivity contribution is 5.30. The first kappa shape index (κ1) is 16.8. The Morgan fingerprint density at radius 2 is 1.65 bits per heavy atom. The van der Waals surface area contributed by atoms with Crippen LogP contribution in [0.4, 0.5) is 13.2 Å².